The van der Waals surface area contributed by atoms with Gasteiger partial charge in [0, 0.05) is 17.7 Å². The molecule has 0 amide bonds. The van der Waals surface area contributed by atoms with E-state index in [4.69, 9.17) is 24.0 Å². The number of benzene rings is 2. The molecule has 1 saturated heterocycles. The molecule has 2 aliphatic heterocycles. The van der Waals surface area contributed by atoms with Gasteiger partial charge < -0.3 is 18.9 Å². The Hall–Kier alpha value is -3.04. The second-order valence-corrected chi connectivity index (χ2v) is 8.07. The van der Waals surface area contributed by atoms with Crippen LogP contribution in [0.2, 0.25) is 0 Å². The Balaban J connectivity index is 1.51. The van der Waals surface area contributed by atoms with E-state index in [1.165, 1.54) is 0 Å². The minimum Gasteiger partial charge on any atom is -0.496 e. The number of thioether (sulfide) groups is 1. The standard InChI is InChI=1S/C22H22N4O4S/c1-27-18-6-4-3-5-16(18)21-23-24-22-26(21)25-17(13-31-22)14-7-8-19(28-2)20(11-14)30-15-9-10-29-12-15/h3-8,11,15H,9-10,12-13H2,1-2H3/t15-/m0/s1. The smallest absolute Gasteiger partial charge is 0.212 e. The lowest BCUT2D eigenvalue weighted by atomic mass is 10.1. The molecule has 9 heteroatoms. The molecule has 5 rings (SSSR count). The summed E-state index contributed by atoms with van der Waals surface area (Å²) in [7, 11) is 3.29. The van der Waals surface area contributed by atoms with Gasteiger partial charge in [-0.2, -0.15) is 9.78 Å². The maximum absolute atomic E-state index is 6.15. The summed E-state index contributed by atoms with van der Waals surface area (Å²) in [5.74, 6) is 3.44. The van der Waals surface area contributed by atoms with Crippen LogP contribution in [0.1, 0.15) is 12.0 Å². The number of methoxy groups -OCH3 is 2. The largest absolute Gasteiger partial charge is 0.496 e. The normalized spacial score (nSPS) is 17.7. The molecular weight excluding hydrogens is 416 g/mol. The van der Waals surface area contributed by atoms with E-state index < -0.39 is 0 Å². The average molecular weight is 439 g/mol. The molecule has 1 fully saturated rings. The molecule has 1 aromatic heterocycles. The number of hydrogen-bond donors (Lipinski definition) is 0. The topological polar surface area (TPSA) is 80.0 Å². The SMILES string of the molecule is COc1ccc(C2=Nn3c(nnc3-c3ccccc3OC)SC2)cc1O[C@H]1CCOC1. The predicted octanol–water partition coefficient (Wildman–Crippen LogP) is 3.49. The van der Waals surface area contributed by atoms with Gasteiger partial charge in [-0.05, 0) is 30.3 Å². The summed E-state index contributed by atoms with van der Waals surface area (Å²) in [6.07, 6.45) is 0.907. The lowest BCUT2D eigenvalue weighted by Gasteiger charge is -2.18. The van der Waals surface area contributed by atoms with Crippen molar-refractivity contribution in [2.45, 2.75) is 17.7 Å². The van der Waals surface area contributed by atoms with E-state index in [1.807, 2.05) is 42.5 Å². The fourth-order valence-electron chi connectivity index (χ4n) is 3.60. The summed E-state index contributed by atoms with van der Waals surface area (Å²) < 4.78 is 24.3. The van der Waals surface area contributed by atoms with Gasteiger partial charge in [-0.15, -0.1) is 10.2 Å². The van der Waals surface area contributed by atoms with Crippen molar-refractivity contribution in [2.24, 2.45) is 5.10 Å². The van der Waals surface area contributed by atoms with Crippen LogP contribution in [0.15, 0.2) is 52.7 Å². The molecular formula is C22H22N4O4S. The minimum absolute atomic E-state index is 0.0356. The summed E-state index contributed by atoms with van der Waals surface area (Å²) in [6, 6.07) is 13.6. The van der Waals surface area contributed by atoms with Crippen molar-refractivity contribution in [3.63, 3.8) is 0 Å². The zero-order chi connectivity index (χ0) is 21.2. The number of rotatable bonds is 6. The van der Waals surface area contributed by atoms with Crippen LogP contribution in [-0.4, -0.2) is 59.9 Å². The number of hydrogen-bond acceptors (Lipinski definition) is 8. The zero-order valence-corrected chi connectivity index (χ0v) is 18.1. The fraction of sp³-hybridized carbons (Fsp3) is 0.318. The van der Waals surface area contributed by atoms with E-state index in [1.54, 1.807) is 30.7 Å². The molecule has 0 unspecified atom stereocenters. The summed E-state index contributed by atoms with van der Waals surface area (Å²) in [5, 5.41) is 14.3. The summed E-state index contributed by atoms with van der Waals surface area (Å²) in [5.41, 5.74) is 2.71. The van der Waals surface area contributed by atoms with Gasteiger partial charge >= 0.3 is 0 Å². The Morgan fingerprint density at radius 2 is 1.90 bits per heavy atom. The molecule has 0 radical (unpaired) electrons. The molecule has 0 saturated carbocycles. The highest BCUT2D eigenvalue weighted by atomic mass is 32.2. The first kappa shape index (κ1) is 19.9. The van der Waals surface area contributed by atoms with Gasteiger partial charge in [0.05, 0.1) is 38.7 Å². The van der Waals surface area contributed by atoms with Crippen molar-refractivity contribution in [1.82, 2.24) is 14.9 Å². The maximum atomic E-state index is 6.15. The first-order valence-corrected chi connectivity index (χ1v) is 11.0. The van der Waals surface area contributed by atoms with Crippen molar-refractivity contribution < 1.29 is 18.9 Å². The van der Waals surface area contributed by atoms with Crippen molar-refractivity contribution in [2.75, 3.05) is 33.2 Å². The highest BCUT2D eigenvalue weighted by molar-refractivity contribution is 7.99. The number of nitrogens with zero attached hydrogens (tertiary/aromatic N) is 4. The van der Waals surface area contributed by atoms with Gasteiger partial charge in [-0.1, -0.05) is 23.9 Å². The van der Waals surface area contributed by atoms with Crippen LogP contribution < -0.4 is 14.2 Å². The second kappa shape index (κ2) is 8.60. The van der Waals surface area contributed by atoms with Crippen LogP contribution in [0.4, 0.5) is 0 Å². The van der Waals surface area contributed by atoms with Crippen LogP contribution in [-0.2, 0) is 4.74 Å². The quantitative estimate of drug-likeness (QED) is 0.583. The van der Waals surface area contributed by atoms with Crippen LogP contribution >= 0.6 is 11.8 Å². The molecule has 8 nitrogen and oxygen atoms in total. The molecule has 1 atom stereocenters. The highest BCUT2D eigenvalue weighted by Crippen LogP contribution is 2.35. The Labute approximate surface area is 184 Å². The van der Waals surface area contributed by atoms with E-state index in [9.17, 15) is 0 Å². The number of fused-ring (bicyclic) bond motifs is 1. The summed E-state index contributed by atoms with van der Waals surface area (Å²) >= 11 is 1.60. The molecule has 2 aliphatic rings. The Bertz CT molecular complexity index is 1120. The third-order valence-electron chi connectivity index (χ3n) is 5.20. The van der Waals surface area contributed by atoms with E-state index in [0.717, 1.165) is 40.8 Å². The van der Waals surface area contributed by atoms with Gasteiger partial charge in [0.15, 0.2) is 17.3 Å². The van der Waals surface area contributed by atoms with Gasteiger partial charge in [-0.25, -0.2) is 0 Å². The Morgan fingerprint density at radius 1 is 1.03 bits per heavy atom. The van der Waals surface area contributed by atoms with Crippen LogP contribution in [0, 0.1) is 0 Å². The lowest BCUT2D eigenvalue weighted by molar-refractivity contribution is 0.138. The van der Waals surface area contributed by atoms with E-state index in [0.29, 0.717) is 29.7 Å². The highest BCUT2D eigenvalue weighted by Gasteiger charge is 2.24. The van der Waals surface area contributed by atoms with Crippen LogP contribution in [0.5, 0.6) is 17.2 Å². The molecule has 31 heavy (non-hydrogen) atoms. The molecule has 160 valence electrons. The van der Waals surface area contributed by atoms with E-state index in [-0.39, 0.29) is 6.10 Å². The lowest BCUT2D eigenvalue weighted by Crippen LogP contribution is -2.17. The van der Waals surface area contributed by atoms with E-state index >= 15 is 0 Å². The first-order chi connectivity index (χ1) is 15.3. The van der Waals surface area contributed by atoms with Crippen molar-refractivity contribution in [3.05, 3.63) is 48.0 Å². The maximum Gasteiger partial charge on any atom is 0.212 e. The van der Waals surface area contributed by atoms with Crippen LogP contribution in [0.3, 0.4) is 0 Å². The Morgan fingerprint density at radius 3 is 2.71 bits per heavy atom. The van der Waals surface area contributed by atoms with Crippen LogP contribution in [0.25, 0.3) is 11.4 Å². The number of aromatic nitrogens is 3. The van der Waals surface area contributed by atoms with Crippen molar-refractivity contribution in [3.8, 4) is 28.6 Å². The summed E-state index contributed by atoms with van der Waals surface area (Å²) in [4.78, 5) is 0. The second-order valence-electron chi connectivity index (χ2n) is 7.12. The average Bonchev–Trinajstić information content (AvgIpc) is 3.48. The number of para-hydroxylation sites is 1. The van der Waals surface area contributed by atoms with Crippen molar-refractivity contribution in [1.29, 1.82) is 0 Å². The van der Waals surface area contributed by atoms with Crippen molar-refractivity contribution >= 4 is 17.5 Å². The molecule has 0 spiro atoms. The monoisotopic (exact) mass is 438 g/mol. The van der Waals surface area contributed by atoms with E-state index in [2.05, 4.69) is 10.2 Å². The molecule has 2 aromatic carbocycles. The zero-order valence-electron chi connectivity index (χ0n) is 17.3. The molecule has 3 heterocycles. The molecule has 0 bridgehead atoms. The minimum atomic E-state index is 0.0356. The fourth-order valence-corrected chi connectivity index (χ4v) is 4.44. The first-order valence-electron chi connectivity index (χ1n) is 9.99. The molecule has 0 aliphatic carbocycles. The Kier molecular flexibility index (Phi) is 5.52. The van der Waals surface area contributed by atoms with Gasteiger partial charge in [-0.3, -0.25) is 0 Å². The summed E-state index contributed by atoms with van der Waals surface area (Å²) in [6.45, 7) is 1.31. The van der Waals surface area contributed by atoms with Gasteiger partial charge in [0.2, 0.25) is 5.16 Å². The molecule has 0 N–H and O–H groups in total. The predicted molar refractivity (Wildman–Crippen MR) is 118 cm³/mol. The third-order valence-corrected chi connectivity index (χ3v) is 6.13. The van der Waals surface area contributed by atoms with Gasteiger partial charge in [0.1, 0.15) is 11.9 Å². The molecule has 3 aromatic rings. The third kappa shape index (κ3) is 3.86. The number of ether oxygens (including phenoxy) is 4. The van der Waals surface area contributed by atoms with Gasteiger partial charge in [0.25, 0.3) is 0 Å².